The smallest absolute Gasteiger partial charge is 0.120 e. The van der Waals surface area contributed by atoms with Gasteiger partial charge in [0.1, 0.15) is 6.29 Å². The SMILES string of the molecule is CCC(CC=O)C1CCCN1C. The van der Waals surface area contributed by atoms with Gasteiger partial charge in [-0.2, -0.15) is 0 Å². The van der Waals surface area contributed by atoms with Crippen LogP contribution >= 0.6 is 0 Å². The summed E-state index contributed by atoms with van der Waals surface area (Å²) in [6, 6.07) is 0.667. The second-order valence-electron chi connectivity index (χ2n) is 3.76. The molecular formula is C10H19NO. The van der Waals surface area contributed by atoms with Gasteiger partial charge in [-0.3, -0.25) is 0 Å². The van der Waals surface area contributed by atoms with E-state index in [9.17, 15) is 4.79 Å². The van der Waals surface area contributed by atoms with Crippen LogP contribution in [0.15, 0.2) is 0 Å². The van der Waals surface area contributed by atoms with E-state index in [0.717, 1.165) is 19.1 Å². The number of likely N-dealkylation sites (tertiary alicyclic amines) is 1. The highest BCUT2D eigenvalue weighted by Gasteiger charge is 2.27. The van der Waals surface area contributed by atoms with E-state index in [2.05, 4.69) is 18.9 Å². The Morgan fingerprint density at radius 3 is 2.83 bits per heavy atom. The Labute approximate surface area is 74.9 Å². The van der Waals surface area contributed by atoms with Crippen molar-refractivity contribution in [2.75, 3.05) is 13.6 Å². The summed E-state index contributed by atoms with van der Waals surface area (Å²) in [5, 5.41) is 0. The highest BCUT2D eigenvalue weighted by Crippen LogP contribution is 2.26. The maximum Gasteiger partial charge on any atom is 0.120 e. The van der Waals surface area contributed by atoms with Crippen LogP contribution in [0.3, 0.4) is 0 Å². The van der Waals surface area contributed by atoms with Crippen molar-refractivity contribution in [3.05, 3.63) is 0 Å². The summed E-state index contributed by atoms with van der Waals surface area (Å²) in [6.07, 6.45) is 5.53. The molecule has 70 valence electrons. The van der Waals surface area contributed by atoms with E-state index >= 15 is 0 Å². The van der Waals surface area contributed by atoms with Gasteiger partial charge in [0, 0.05) is 12.5 Å². The maximum absolute atomic E-state index is 10.4. The van der Waals surface area contributed by atoms with Crippen LogP contribution in [0, 0.1) is 5.92 Å². The number of hydrogen-bond donors (Lipinski definition) is 0. The quantitative estimate of drug-likeness (QED) is 0.597. The van der Waals surface area contributed by atoms with Gasteiger partial charge in [0.2, 0.25) is 0 Å². The summed E-state index contributed by atoms with van der Waals surface area (Å²) in [7, 11) is 2.17. The fraction of sp³-hybridized carbons (Fsp3) is 0.900. The summed E-state index contributed by atoms with van der Waals surface area (Å²) in [5.74, 6) is 0.593. The number of hydrogen-bond acceptors (Lipinski definition) is 2. The molecule has 2 atom stereocenters. The van der Waals surface area contributed by atoms with Crippen molar-refractivity contribution in [2.24, 2.45) is 5.92 Å². The third-order valence-electron chi connectivity index (χ3n) is 3.04. The third kappa shape index (κ3) is 2.07. The van der Waals surface area contributed by atoms with Crippen LogP contribution in [0.1, 0.15) is 32.6 Å². The van der Waals surface area contributed by atoms with Gasteiger partial charge in [0.25, 0.3) is 0 Å². The Bertz CT molecular complexity index is 147. The average Bonchev–Trinajstić information content (AvgIpc) is 2.47. The lowest BCUT2D eigenvalue weighted by Crippen LogP contribution is -2.32. The maximum atomic E-state index is 10.4. The van der Waals surface area contributed by atoms with Crippen LogP contribution in [-0.4, -0.2) is 30.8 Å². The first-order chi connectivity index (χ1) is 5.79. The molecule has 0 saturated carbocycles. The van der Waals surface area contributed by atoms with Crippen molar-refractivity contribution in [3.8, 4) is 0 Å². The summed E-state index contributed by atoms with van der Waals surface area (Å²) in [6.45, 7) is 3.39. The predicted octanol–water partition coefficient (Wildman–Crippen LogP) is 1.70. The standard InChI is InChI=1S/C10H19NO/c1-3-9(6-8-12)10-5-4-7-11(10)2/h8-10H,3-7H2,1-2H3. The Hall–Kier alpha value is -0.370. The van der Waals surface area contributed by atoms with Gasteiger partial charge >= 0.3 is 0 Å². The van der Waals surface area contributed by atoms with E-state index < -0.39 is 0 Å². The Balaban J connectivity index is 2.46. The van der Waals surface area contributed by atoms with E-state index in [1.165, 1.54) is 19.4 Å². The number of aldehydes is 1. The van der Waals surface area contributed by atoms with E-state index in [1.807, 2.05) is 0 Å². The van der Waals surface area contributed by atoms with Crippen molar-refractivity contribution in [2.45, 2.75) is 38.6 Å². The molecule has 1 aliphatic heterocycles. The fourth-order valence-corrected chi connectivity index (χ4v) is 2.25. The summed E-state index contributed by atoms with van der Waals surface area (Å²) < 4.78 is 0. The van der Waals surface area contributed by atoms with Crippen LogP contribution in [0.2, 0.25) is 0 Å². The molecule has 0 aromatic carbocycles. The molecular weight excluding hydrogens is 150 g/mol. The molecule has 0 aromatic rings. The molecule has 0 aliphatic carbocycles. The van der Waals surface area contributed by atoms with Crippen molar-refractivity contribution < 1.29 is 4.79 Å². The normalized spacial score (nSPS) is 27.3. The number of rotatable bonds is 4. The Morgan fingerprint density at radius 2 is 2.42 bits per heavy atom. The van der Waals surface area contributed by atoms with E-state index in [-0.39, 0.29) is 0 Å². The van der Waals surface area contributed by atoms with E-state index in [4.69, 9.17) is 0 Å². The monoisotopic (exact) mass is 169 g/mol. The molecule has 1 aliphatic rings. The third-order valence-corrected chi connectivity index (χ3v) is 3.04. The zero-order valence-corrected chi connectivity index (χ0v) is 8.12. The van der Waals surface area contributed by atoms with Gasteiger partial charge in [0.15, 0.2) is 0 Å². The van der Waals surface area contributed by atoms with Crippen molar-refractivity contribution in [1.29, 1.82) is 0 Å². The molecule has 0 radical (unpaired) electrons. The molecule has 1 rings (SSSR count). The number of carbonyl (C=O) groups excluding carboxylic acids is 1. The van der Waals surface area contributed by atoms with Crippen LogP contribution in [-0.2, 0) is 4.79 Å². The van der Waals surface area contributed by atoms with Crippen LogP contribution in [0.4, 0.5) is 0 Å². The predicted molar refractivity (Wildman–Crippen MR) is 50.1 cm³/mol. The zero-order chi connectivity index (χ0) is 8.97. The minimum Gasteiger partial charge on any atom is -0.303 e. The topological polar surface area (TPSA) is 20.3 Å². The Morgan fingerprint density at radius 1 is 1.67 bits per heavy atom. The minimum atomic E-state index is 0.593. The van der Waals surface area contributed by atoms with Gasteiger partial charge < -0.3 is 9.69 Å². The Kier molecular flexibility index (Phi) is 3.73. The lowest BCUT2D eigenvalue weighted by Gasteiger charge is -2.26. The summed E-state index contributed by atoms with van der Waals surface area (Å²) >= 11 is 0. The molecule has 0 spiro atoms. The second kappa shape index (κ2) is 4.61. The first kappa shape index (κ1) is 9.72. The van der Waals surface area contributed by atoms with Gasteiger partial charge in [-0.25, -0.2) is 0 Å². The van der Waals surface area contributed by atoms with Crippen LogP contribution < -0.4 is 0 Å². The second-order valence-corrected chi connectivity index (χ2v) is 3.76. The molecule has 0 aromatic heterocycles. The summed E-state index contributed by atoms with van der Waals surface area (Å²) in [5.41, 5.74) is 0. The van der Waals surface area contributed by atoms with Crippen LogP contribution in [0.5, 0.6) is 0 Å². The van der Waals surface area contributed by atoms with Crippen molar-refractivity contribution in [1.82, 2.24) is 4.90 Å². The van der Waals surface area contributed by atoms with Crippen molar-refractivity contribution >= 4 is 6.29 Å². The van der Waals surface area contributed by atoms with Crippen molar-refractivity contribution in [3.63, 3.8) is 0 Å². The molecule has 2 unspecified atom stereocenters. The largest absolute Gasteiger partial charge is 0.303 e. The first-order valence-electron chi connectivity index (χ1n) is 4.93. The average molecular weight is 169 g/mol. The molecule has 0 amide bonds. The fourth-order valence-electron chi connectivity index (χ4n) is 2.25. The molecule has 0 N–H and O–H groups in total. The molecule has 2 nitrogen and oxygen atoms in total. The molecule has 2 heteroatoms. The number of carbonyl (C=O) groups is 1. The van der Waals surface area contributed by atoms with Gasteiger partial charge in [-0.05, 0) is 32.4 Å². The number of nitrogens with zero attached hydrogens (tertiary/aromatic N) is 1. The lowest BCUT2D eigenvalue weighted by atomic mass is 9.92. The van der Waals surface area contributed by atoms with Gasteiger partial charge in [-0.15, -0.1) is 0 Å². The zero-order valence-electron chi connectivity index (χ0n) is 8.12. The van der Waals surface area contributed by atoms with Gasteiger partial charge in [-0.1, -0.05) is 13.3 Å². The molecule has 1 saturated heterocycles. The first-order valence-corrected chi connectivity index (χ1v) is 4.93. The molecule has 12 heavy (non-hydrogen) atoms. The highest BCUT2D eigenvalue weighted by atomic mass is 16.1. The summed E-state index contributed by atoms with van der Waals surface area (Å²) in [4.78, 5) is 12.8. The van der Waals surface area contributed by atoms with Gasteiger partial charge in [0.05, 0.1) is 0 Å². The molecule has 1 fully saturated rings. The molecule has 0 bridgehead atoms. The van der Waals surface area contributed by atoms with E-state index in [1.54, 1.807) is 0 Å². The van der Waals surface area contributed by atoms with Crippen LogP contribution in [0.25, 0.3) is 0 Å². The minimum absolute atomic E-state index is 0.593. The highest BCUT2D eigenvalue weighted by molar-refractivity contribution is 5.49. The molecule has 1 heterocycles. The lowest BCUT2D eigenvalue weighted by molar-refractivity contribution is -0.109. The van der Waals surface area contributed by atoms with E-state index in [0.29, 0.717) is 12.0 Å².